The van der Waals surface area contributed by atoms with Gasteiger partial charge in [-0.15, -0.1) is 0 Å². The highest BCUT2D eigenvalue weighted by Gasteiger charge is 2.14. The van der Waals surface area contributed by atoms with Crippen LogP contribution in [0.15, 0.2) is 42.5 Å². The first-order chi connectivity index (χ1) is 12.8. The van der Waals surface area contributed by atoms with E-state index >= 15 is 0 Å². The van der Waals surface area contributed by atoms with Gasteiger partial charge in [0.15, 0.2) is 5.11 Å². The molecular formula is C19H17Cl3N4S. The van der Waals surface area contributed by atoms with Crippen LogP contribution in [0.5, 0.6) is 0 Å². The third-order valence-corrected chi connectivity index (χ3v) is 5.02. The highest BCUT2D eigenvalue weighted by molar-refractivity contribution is 7.80. The minimum absolute atomic E-state index is 0.410. The second-order valence-corrected chi connectivity index (χ2v) is 7.73. The van der Waals surface area contributed by atoms with Gasteiger partial charge in [0.05, 0.1) is 34.3 Å². The number of nitrogens with one attached hydrogen (secondary N) is 2. The summed E-state index contributed by atoms with van der Waals surface area (Å²) >= 11 is 23.7. The fraction of sp³-hybridized carbons (Fsp3) is 0.158. The Labute approximate surface area is 178 Å². The maximum atomic E-state index is 6.18. The average Bonchev–Trinajstić information content (AvgIpc) is 2.86. The van der Waals surface area contributed by atoms with Gasteiger partial charge in [-0.25, -0.2) is 0 Å². The number of aromatic nitrogens is 2. The number of hydrogen-bond donors (Lipinski definition) is 2. The van der Waals surface area contributed by atoms with Crippen molar-refractivity contribution in [3.05, 3.63) is 74.5 Å². The molecule has 2 N–H and O–H groups in total. The molecule has 2 aromatic carbocycles. The van der Waals surface area contributed by atoms with Crippen LogP contribution in [0.1, 0.15) is 17.0 Å². The second-order valence-electron chi connectivity index (χ2n) is 6.04. The van der Waals surface area contributed by atoms with Crippen LogP contribution >= 0.6 is 47.0 Å². The summed E-state index contributed by atoms with van der Waals surface area (Å²) < 4.78 is 1.91. The predicted octanol–water partition coefficient (Wildman–Crippen LogP) is 6.32. The summed E-state index contributed by atoms with van der Waals surface area (Å²) in [5.74, 6) is 0. The molecule has 0 atom stereocenters. The fourth-order valence-corrected chi connectivity index (χ4v) is 3.46. The van der Waals surface area contributed by atoms with Crippen LogP contribution in [0.2, 0.25) is 15.1 Å². The zero-order valence-electron chi connectivity index (χ0n) is 14.7. The minimum Gasteiger partial charge on any atom is -0.331 e. The zero-order chi connectivity index (χ0) is 19.6. The van der Waals surface area contributed by atoms with E-state index in [9.17, 15) is 0 Å². The largest absolute Gasteiger partial charge is 0.331 e. The Morgan fingerprint density at radius 1 is 1.04 bits per heavy atom. The number of halogens is 3. The van der Waals surface area contributed by atoms with E-state index in [0.29, 0.717) is 32.4 Å². The molecule has 0 saturated heterocycles. The second kappa shape index (κ2) is 8.48. The molecule has 3 aromatic rings. The highest BCUT2D eigenvalue weighted by Crippen LogP contribution is 2.26. The van der Waals surface area contributed by atoms with Crippen molar-refractivity contribution in [2.24, 2.45) is 0 Å². The van der Waals surface area contributed by atoms with Gasteiger partial charge in [-0.3, -0.25) is 4.68 Å². The van der Waals surface area contributed by atoms with E-state index in [1.165, 1.54) is 0 Å². The quantitative estimate of drug-likeness (QED) is 0.467. The lowest BCUT2D eigenvalue weighted by atomic mass is 10.2. The third-order valence-electron chi connectivity index (χ3n) is 4.02. The van der Waals surface area contributed by atoms with E-state index in [0.717, 1.165) is 22.6 Å². The van der Waals surface area contributed by atoms with Gasteiger partial charge in [-0.05, 0) is 62.0 Å². The minimum atomic E-state index is 0.410. The average molecular weight is 440 g/mol. The molecule has 0 aliphatic heterocycles. The molecule has 0 aliphatic rings. The number of hydrogen-bond acceptors (Lipinski definition) is 2. The summed E-state index contributed by atoms with van der Waals surface area (Å²) in [5, 5.41) is 13.1. The van der Waals surface area contributed by atoms with Gasteiger partial charge in [0.25, 0.3) is 0 Å². The van der Waals surface area contributed by atoms with Gasteiger partial charge in [0, 0.05) is 10.0 Å². The molecule has 27 heavy (non-hydrogen) atoms. The standard InChI is InChI=1S/C19H17Cl3N4S/c1-11-18(24-19(27)23-17-9-15(21)6-7-16(17)22)12(2)26(25-11)10-13-4-3-5-14(20)8-13/h3-9H,10H2,1-2H3,(H2,23,24,27). The molecule has 4 nitrogen and oxygen atoms in total. The van der Waals surface area contributed by atoms with E-state index in [4.69, 9.17) is 47.0 Å². The number of rotatable bonds is 4. The lowest BCUT2D eigenvalue weighted by Crippen LogP contribution is -2.20. The van der Waals surface area contributed by atoms with Crippen molar-refractivity contribution >= 4 is 63.5 Å². The molecule has 1 heterocycles. The molecular weight excluding hydrogens is 423 g/mol. The van der Waals surface area contributed by atoms with Gasteiger partial charge >= 0.3 is 0 Å². The molecule has 0 fully saturated rings. The molecule has 0 unspecified atom stereocenters. The lowest BCUT2D eigenvalue weighted by Gasteiger charge is -2.12. The van der Waals surface area contributed by atoms with Crippen molar-refractivity contribution in [2.75, 3.05) is 10.6 Å². The molecule has 3 rings (SSSR count). The van der Waals surface area contributed by atoms with Gasteiger partial charge in [0.2, 0.25) is 0 Å². The summed E-state index contributed by atoms with van der Waals surface area (Å²) in [6, 6.07) is 12.9. The Morgan fingerprint density at radius 3 is 2.52 bits per heavy atom. The van der Waals surface area contributed by atoms with Crippen LogP contribution in [0.4, 0.5) is 11.4 Å². The summed E-state index contributed by atoms with van der Waals surface area (Å²) in [6.45, 7) is 4.54. The first-order valence-electron chi connectivity index (χ1n) is 8.15. The maximum absolute atomic E-state index is 6.18. The van der Waals surface area contributed by atoms with Crippen LogP contribution in [0.3, 0.4) is 0 Å². The van der Waals surface area contributed by atoms with E-state index in [1.807, 2.05) is 42.8 Å². The van der Waals surface area contributed by atoms with Gasteiger partial charge < -0.3 is 10.6 Å². The molecule has 140 valence electrons. The normalized spacial score (nSPS) is 10.7. The number of nitrogens with zero attached hydrogens (tertiary/aromatic N) is 2. The number of benzene rings is 2. The van der Waals surface area contributed by atoms with Crippen LogP contribution in [-0.2, 0) is 6.54 Å². The van der Waals surface area contributed by atoms with E-state index in [2.05, 4.69) is 15.7 Å². The van der Waals surface area contributed by atoms with Crippen molar-refractivity contribution in [1.82, 2.24) is 9.78 Å². The topological polar surface area (TPSA) is 41.9 Å². The number of anilines is 2. The summed E-state index contributed by atoms with van der Waals surface area (Å²) in [5.41, 5.74) is 4.38. The van der Waals surface area contributed by atoms with E-state index < -0.39 is 0 Å². The third kappa shape index (κ3) is 4.93. The van der Waals surface area contributed by atoms with Gasteiger partial charge in [0.1, 0.15) is 0 Å². The van der Waals surface area contributed by atoms with Crippen LogP contribution in [0.25, 0.3) is 0 Å². The molecule has 0 amide bonds. The molecule has 0 spiro atoms. The van der Waals surface area contributed by atoms with Crippen molar-refractivity contribution in [1.29, 1.82) is 0 Å². The smallest absolute Gasteiger partial charge is 0.175 e. The van der Waals surface area contributed by atoms with Crippen molar-refractivity contribution in [3.8, 4) is 0 Å². The Balaban J connectivity index is 1.76. The van der Waals surface area contributed by atoms with E-state index in [-0.39, 0.29) is 0 Å². The van der Waals surface area contributed by atoms with Crippen molar-refractivity contribution in [3.63, 3.8) is 0 Å². The highest BCUT2D eigenvalue weighted by atomic mass is 35.5. The Kier molecular flexibility index (Phi) is 6.27. The Morgan fingerprint density at radius 2 is 1.78 bits per heavy atom. The summed E-state index contributed by atoms with van der Waals surface area (Å²) in [6.07, 6.45) is 0. The van der Waals surface area contributed by atoms with Crippen LogP contribution < -0.4 is 10.6 Å². The summed E-state index contributed by atoms with van der Waals surface area (Å²) in [4.78, 5) is 0. The summed E-state index contributed by atoms with van der Waals surface area (Å²) in [7, 11) is 0. The first-order valence-corrected chi connectivity index (χ1v) is 9.69. The Bertz CT molecular complexity index is 1000. The first kappa shape index (κ1) is 20.0. The van der Waals surface area contributed by atoms with Crippen molar-refractivity contribution in [2.45, 2.75) is 20.4 Å². The number of thiocarbonyl (C=S) groups is 1. The number of aryl methyl sites for hydroxylation is 1. The molecule has 0 saturated carbocycles. The monoisotopic (exact) mass is 438 g/mol. The SMILES string of the molecule is Cc1nn(Cc2cccc(Cl)c2)c(C)c1NC(=S)Nc1cc(Cl)ccc1Cl. The van der Waals surface area contributed by atoms with Crippen LogP contribution in [-0.4, -0.2) is 14.9 Å². The lowest BCUT2D eigenvalue weighted by molar-refractivity contribution is 0.659. The van der Waals surface area contributed by atoms with Gasteiger partial charge in [-0.2, -0.15) is 5.10 Å². The maximum Gasteiger partial charge on any atom is 0.175 e. The van der Waals surface area contributed by atoms with E-state index in [1.54, 1.807) is 18.2 Å². The molecule has 0 aliphatic carbocycles. The molecule has 1 aromatic heterocycles. The fourth-order valence-electron chi connectivity index (χ4n) is 2.70. The Hall–Kier alpha value is -1.79. The van der Waals surface area contributed by atoms with Gasteiger partial charge in [-0.1, -0.05) is 46.9 Å². The van der Waals surface area contributed by atoms with Crippen molar-refractivity contribution < 1.29 is 0 Å². The predicted molar refractivity (Wildman–Crippen MR) is 119 cm³/mol. The van der Waals surface area contributed by atoms with Crippen LogP contribution in [0, 0.1) is 13.8 Å². The zero-order valence-corrected chi connectivity index (χ0v) is 17.8. The molecule has 0 bridgehead atoms. The molecule has 0 radical (unpaired) electrons. The molecule has 8 heteroatoms.